The number of ether oxygens (including phenoxy) is 1. The topological polar surface area (TPSA) is 57.9 Å². The molecule has 0 saturated carbocycles. The lowest BCUT2D eigenvalue weighted by Gasteiger charge is -2.12. The predicted octanol–water partition coefficient (Wildman–Crippen LogP) is 4.58. The van der Waals surface area contributed by atoms with Crippen molar-refractivity contribution in [3.8, 4) is 11.8 Å². The van der Waals surface area contributed by atoms with E-state index in [9.17, 15) is 5.26 Å². The van der Waals surface area contributed by atoms with Crippen molar-refractivity contribution in [1.82, 2.24) is 4.98 Å². The average Bonchev–Trinajstić information content (AvgIpc) is 2.61. The van der Waals surface area contributed by atoms with Crippen LogP contribution in [-0.2, 0) is 0 Å². The van der Waals surface area contributed by atoms with Crippen LogP contribution < -0.4 is 10.1 Å². The van der Waals surface area contributed by atoms with E-state index in [1.807, 2.05) is 36.6 Å². The molecule has 4 nitrogen and oxygen atoms in total. The lowest BCUT2D eigenvalue weighted by atomic mass is 10.1. The zero-order chi connectivity index (χ0) is 16.2. The van der Waals surface area contributed by atoms with Crippen LogP contribution in [0.1, 0.15) is 5.56 Å². The fourth-order valence-corrected chi connectivity index (χ4v) is 2.82. The first-order valence-corrected chi connectivity index (χ1v) is 8.25. The number of hydrogen-bond acceptors (Lipinski definition) is 5. The zero-order valence-electron chi connectivity index (χ0n) is 12.8. The van der Waals surface area contributed by atoms with Gasteiger partial charge in [0.05, 0.1) is 23.9 Å². The molecular formula is C18H15N3OS. The van der Waals surface area contributed by atoms with Gasteiger partial charge in [-0.2, -0.15) is 5.26 Å². The number of nitriles is 1. The molecule has 0 fully saturated rings. The van der Waals surface area contributed by atoms with Gasteiger partial charge in [0.2, 0.25) is 0 Å². The van der Waals surface area contributed by atoms with E-state index in [4.69, 9.17) is 4.74 Å². The largest absolute Gasteiger partial charge is 0.497 e. The van der Waals surface area contributed by atoms with Crippen LogP contribution in [0.2, 0.25) is 0 Å². The van der Waals surface area contributed by atoms with Gasteiger partial charge in [-0.25, -0.2) is 0 Å². The minimum absolute atomic E-state index is 0.511. The number of aromatic nitrogens is 1. The lowest BCUT2D eigenvalue weighted by Crippen LogP contribution is -1.97. The van der Waals surface area contributed by atoms with E-state index < -0.39 is 0 Å². The number of anilines is 2. The Bertz CT molecular complexity index is 902. The molecule has 0 bridgehead atoms. The van der Waals surface area contributed by atoms with E-state index in [1.165, 1.54) is 0 Å². The molecule has 3 aromatic rings. The van der Waals surface area contributed by atoms with Gasteiger partial charge < -0.3 is 10.1 Å². The molecule has 23 heavy (non-hydrogen) atoms. The smallest absolute Gasteiger partial charge is 0.121 e. The summed E-state index contributed by atoms with van der Waals surface area (Å²) in [6.07, 6.45) is 3.62. The summed E-state index contributed by atoms with van der Waals surface area (Å²) >= 11 is 1.68. The van der Waals surface area contributed by atoms with Crippen molar-refractivity contribution < 1.29 is 4.74 Å². The first kappa shape index (κ1) is 15.2. The molecule has 0 unspecified atom stereocenters. The Kier molecular flexibility index (Phi) is 4.35. The van der Waals surface area contributed by atoms with Gasteiger partial charge in [0, 0.05) is 28.2 Å². The Morgan fingerprint density at radius 3 is 2.83 bits per heavy atom. The van der Waals surface area contributed by atoms with Gasteiger partial charge in [-0.3, -0.25) is 4.98 Å². The van der Waals surface area contributed by atoms with Gasteiger partial charge in [-0.05, 0) is 36.6 Å². The highest BCUT2D eigenvalue weighted by Crippen LogP contribution is 2.31. The van der Waals surface area contributed by atoms with Crippen molar-refractivity contribution in [1.29, 1.82) is 5.26 Å². The zero-order valence-corrected chi connectivity index (χ0v) is 13.6. The molecule has 1 aromatic heterocycles. The summed E-state index contributed by atoms with van der Waals surface area (Å²) in [7, 11) is 1.62. The molecule has 0 radical (unpaired) electrons. The van der Waals surface area contributed by atoms with Gasteiger partial charge in [0.25, 0.3) is 0 Å². The fourth-order valence-electron chi connectivity index (χ4n) is 2.36. The van der Waals surface area contributed by atoms with Crippen LogP contribution in [0.5, 0.6) is 5.75 Å². The van der Waals surface area contributed by atoms with Crippen LogP contribution in [0.25, 0.3) is 10.9 Å². The number of thioether (sulfide) groups is 1. The van der Waals surface area contributed by atoms with Crippen molar-refractivity contribution in [2.75, 3.05) is 18.7 Å². The molecule has 1 N–H and O–H groups in total. The predicted molar refractivity (Wildman–Crippen MR) is 94.5 cm³/mol. The molecule has 0 aliphatic rings. The maximum absolute atomic E-state index is 9.40. The number of pyridine rings is 1. The van der Waals surface area contributed by atoms with E-state index in [0.717, 1.165) is 32.9 Å². The van der Waals surface area contributed by atoms with E-state index in [1.54, 1.807) is 25.1 Å². The first-order valence-electron chi connectivity index (χ1n) is 7.03. The van der Waals surface area contributed by atoms with Crippen LogP contribution in [0.4, 0.5) is 11.4 Å². The summed E-state index contributed by atoms with van der Waals surface area (Å²) in [5.74, 6) is 0.741. The molecule has 0 aliphatic heterocycles. The quantitative estimate of drug-likeness (QED) is 0.713. The Morgan fingerprint density at radius 2 is 2.09 bits per heavy atom. The van der Waals surface area contributed by atoms with E-state index in [2.05, 4.69) is 28.5 Å². The molecule has 5 heteroatoms. The Morgan fingerprint density at radius 1 is 1.22 bits per heavy atom. The Hall–Kier alpha value is -2.71. The monoisotopic (exact) mass is 321 g/mol. The third kappa shape index (κ3) is 3.08. The fraction of sp³-hybridized carbons (Fsp3) is 0.111. The molecule has 114 valence electrons. The highest BCUT2D eigenvalue weighted by Gasteiger charge is 2.10. The van der Waals surface area contributed by atoms with E-state index >= 15 is 0 Å². The molecule has 3 rings (SSSR count). The number of fused-ring (bicyclic) bond motifs is 1. The average molecular weight is 321 g/mol. The third-order valence-electron chi connectivity index (χ3n) is 3.54. The Balaban J connectivity index is 2.12. The van der Waals surface area contributed by atoms with Gasteiger partial charge in [-0.15, -0.1) is 11.8 Å². The summed E-state index contributed by atoms with van der Waals surface area (Å²) in [6.45, 7) is 0. The van der Waals surface area contributed by atoms with Crippen molar-refractivity contribution in [3.05, 3.63) is 54.2 Å². The van der Waals surface area contributed by atoms with Crippen LogP contribution in [-0.4, -0.2) is 18.3 Å². The maximum atomic E-state index is 9.40. The molecule has 0 atom stereocenters. The second kappa shape index (κ2) is 6.59. The van der Waals surface area contributed by atoms with Crippen LogP contribution in [0.3, 0.4) is 0 Å². The highest BCUT2D eigenvalue weighted by atomic mass is 32.2. The van der Waals surface area contributed by atoms with Crippen molar-refractivity contribution in [3.63, 3.8) is 0 Å². The second-order valence-electron chi connectivity index (χ2n) is 4.90. The van der Waals surface area contributed by atoms with E-state index in [0.29, 0.717) is 5.56 Å². The number of nitrogens with one attached hydrogen (secondary N) is 1. The van der Waals surface area contributed by atoms with Crippen LogP contribution in [0.15, 0.2) is 53.6 Å². The number of methoxy groups -OCH3 is 1. The number of benzene rings is 2. The van der Waals surface area contributed by atoms with Crippen LogP contribution in [0, 0.1) is 11.3 Å². The highest BCUT2D eigenvalue weighted by molar-refractivity contribution is 7.98. The summed E-state index contributed by atoms with van der Waals surface area (Å²) in [4.78, 5) is 5.51. The minimum atomic E-state index is 0.511. The van der Waals surface area contributed by atoms with Crippen LogP contribution >= 0.6 is 11.8 Å². The van der Waals surface area contributed by atoms with Gasteiger partial charge in [-0.1, -0.05) is 6.07 Å². The summed E-state index contributed by atoms with van der Waals surface area (Å²) in [5.41, 5.74) is 3.00. The summed E-state index contributed by atoms with van der Waals surface area (Å²) < 4.78 is 5.24. The molecular weight excluding hydrogens is 306 g/mol. The second-order valence-corrected chi connectivity index (χ2v) is 5.78. The minimum Gasteiger partial charge on any atom is -0.497 e. The van der Waals surface area contributed by atoms with Gasteiger partial charge in [0.15, 0.2) is 0 Å². The molecule has 0 aliphatic carbocycles. The number of hydrogen-bond donors (Lipinski definition) is 1. The van der Waals surface area contributed by atoms with Crippen molar-refractivity contribution in [2.24, 2.45) is 0 Å². The molecule has 2 aromatic carbocycles. The van der Waals surface area contributed by atoms with Gasteiger partial charge in [0.1, 0.15) is 11.8 Å². The summed E-state index contributed by atoms with van der Waals surface area (Å²) in [6, 6.07) is 15.9. The SMILES string of the molecule is COc1ccc2c(Nc3cccc(SC)c3)c(C#N)cnc2c1. The number of rotatable bonds is 4. The molecule has 0 saturated heterocycles. The number of nitrogens with zero attached hydrogens (tertiary/aromatic N) is 2. The third-order valence-corrected chi connectivity index (χ3v) is 4.26. The van der Waals surface area contributed by atoms with Crippen molar-refractivity contribution in [2.45, 2.75) is 4.90 Å². The van der Waals surface area contributed by atoms with Crippen molar-refractivity contribution >= 4 is 34.0 Å². The molecule has 1 heterocycles. The van der Waals surface area contributed by atoms with E-state index in [-0.39, 0.29) is 0 Å². The summed E-state index contributed by atoms with van der Waals surface area (Å²) in [5, 5.41) is 13.6. The lowest BCUT2D eigenvalue weighted by molar-refractivity contribution is 0.415. The molecule has 0 amide bonds. The first-order chi connectivity index (χ1) is 11.2. The normalized spacial score (nSPS) is 10.3. The Labute approximate surface area is 139 Å². The van der Waals surface area contributed by atoms with Gasteiger partial charge >= 0.3 is 0 Å². The molecule has 0 spiro atoms. The standard InChI is InChI=1S/C18H15N3OS/c1-22-14-6-7-16-17(9-14)20-11-12(10-19)18(16)21-13-4-3-5-15(8-13)23-2/h3-9,11H,1-2H3,(H,20,21). The maximum Gasteiger partial charge on any atom is 0.121 e.